The van der Waals surface area contributed by atoms with Crippen molar-refractivity contribution in [2.75, 3.05) is 16.2 Å². The van der Waals surface area contributed by atoms with E-state index in [0.717, 1.165) is 21.3 Å². The van der Waals surface area contributed by atoms with Crippen molar-refractivity contribution in [3.8, 4) is 0 Å². The highest BCUT2D eigenvalue weighted by Crippen LogP contribution is 2.34. The number of aryl methyl sites for hydroxylation is 1. The number of amides is 1. The van der Waals surface area contributed by atoms with Crippen LogP contribution in [-0.2, 0) is 16.4 Å². The predicted octanol–water partition coefficient (Wildman–Crippen LogP) is 4.76. The molecule has 0 unspecified atom stereocenters. The predicted molar refractivity (Wildman–Crippen MR) is 118 cm³/mol. The van der Waals surface area contributed by atoms with E-state index >= 15 is 0 Å². The van der Waals surface area contributed by atoms with Crippen molar-refractivity contribution in [3.63, 3.8) is 0 Å². The molecule has 0 saturated heterocycles. The van der Waals surface area contributed by atoms with Gasteiger partial charge in [0.15, 0.2) is 0 Å². The third-order valence-electron chi connectivity index (χ3n) is 4.91. The summed E-state index contributed by atoms with van der Waals surface area (Å²) in [5, 5.41) is 2.87. The number of carbonyl (C=O) groups excluding carboxylic acids is 1. The van der Waals surface area contributed by atoms with Crippen LogP contribution in [-0.4, -0.2) is 20.9 Å². The number of fused-ring (bicyclic) bond motifs is 1. The monoisotopic (exact) mass is 470 g/mol. The van der Waals surface area contributed by atoms with Gasteiger partial charge >= 0.3 is 0 Å². The number of hydrogen-bond donors (Lipinski definition) is 1. The molecule has 0 aliphatic carbocycles. The Labute approximate surface area is 178 Å². The van der Waals surface area contributed by atoms with E-state index in [1.807, 2.05) is 31.2 Å². The number of halogens is 1. The van der Waals surface area contributed by atoms with Crippen LogP contribution in [0.3, 0.4) is 0 Å². The van der Waals surface area contributed by atoms with Crippen molar-refractivity contribution in [3.05, 3.63) is 87.9 Å². The number of rotatable bonds is 4. The second-order valence-corrected chi connectivity index (χ2v) is 9.72. The first-order valence-electron chi connectivity index (χ1n) is 9.14. The first-order valence-corrected chi connectivity index (χ1v) is 11.4. The van der Waals surface area contributed by atoms with Crippen LogP contribution in [0, 0.1) is 6.92 Å². The van der Waals surface area contributed by atoms with E-state index in [-0.39, 0.29) is 10.8 Å². The number of nitrogens with one attached hydrogen (secondary N) is 1. The summed E-state index contributed by atoms with van der Waals surface area (Å²) in [6.45, 7) is 2.34. The summed E-state index contributed by atoms with van der Waals surface area (Å²) in [6.07, 6.45) is 0.566. The van der Waals surface area contributed by atoms with Crippen molar-refractivity contribution in [1.82, 2.24) is 0 Å². The lowest BCUT2D eigenvalue weighted by molar-refractivity contribution is 0.102. The molecule has 0 aromatic heterocycles. The highest BCUT2D eigenvalue weighted by Gasteiger charge is 2.31. The quantitative estimate of drug-likeness (QED) is 0.597. The minimum atomic E-state index is -3.64. The van der Waals surface area contributed by atoms with Crippen molar-refractivity contribution >= 4 is 43.2 Å². The van der Waals surface area contributed by atoms with Gasteiger partial charge in [0.1, 0.15) is 0 Å². The SMILES string of the molecule is Cc1ccc(NC(=O)c2ccc3c(c2)CCN3S(=O)(=O)c2ccc(Br)cc2)cc1. The Kier molecular flexibility index (Phi) is 5.19. The van der Waals surface area contributed by atoms with Crippen molar-refractivity contribution < 1.29 is 13.2 Å². The molecule has 1 heterocycles. The summed E-state index contributed by atoms with van der Waals surface area (Å²) < 4.78 is 28.3. The van der Waals surface area contributed by atoms with E-state index in [1.165, 1.54) is 4.31 Å². The third kappa shape index (κ3) is 3.93. The van der Waals surface area contributed by atoms with E-state index in [1.54, 1.807) is 42.5 Å². The molecule has 0 fully saturated rings. The van der Waals surface area contributed by atoms with Gasteiger partial charge in [-0.2, -0.15) is 0 Å². The van der Waals surface area contributed by atoms with Gasteiger partial charge in [0, 0.05) is 22.3 Å². The van der Waals surface area contributed by atoms with Crippen LogP contribution in [0.25, 0.3) is 0 Å². The van der Waals surface area contributed by atoms with Crippen LogP contribution in [0.15, 0.2) is 76.1 Å². The lowest BCUT2D eigenvalue weighted by Crippen LogP contribution is -2.29. The molecule has 3 aromatic rings. The second kappa shape index (κ2) is 7.65. The van der Waals surface area contributed by atoms with Crippen molar-refractivity contribution in [1.29, 1.82) is 0 Å². The van der Waals surface area contributed by atoms with Gasteiger partial charge < -0.3 is 5.32 Å². The van der Waals surface area contributed by atoms with Crippen LogP contribution in [0.2, 0.25) is 0 Å². The third-order valence-corrected chi connectivity index (χ3v) is 7.26. The molecular formula is C22H19BrN2O3S. The zero-order valence-corrected chi connectivity index (χ0v) is 18.1. The van der Waals surface area contributed by atoms with Gasteiger partial charge in [-0.25, -0.2) is 8.42 Å². The fourth-order valence-electron chi connectivity index (χ4n) is 3.34. The standard InChI is InChI=1S/C22H19BrN2O3S/c1-15-2-7-19(8-3-15)24-22(26)17-4-11-21-16(14-17)12-13-25(21)29(27,28)20-9-5-18(23)6-10-20/h2-11,14H,12-13H2,1H3,(H,24,26). The Morgan fingerprint density at radius 3 is 2.38 bits per heavy atom. The van der Waals surface area contributed by atoms with E-state index < -0.39 is 10.0 Å². The smallest absolute Gasteiger partial charge is 0.264 e. The molecule has 4 rings (SSSR count). The Balaban J connectivity index is 1.58. The van der Waals surface area contributed by atoms with Crippen LogP contribution >= 0.6 is 15.9 Å². The summed E-state index contributed by atoms with van der Waals surface area (Å²) in [4.78, 5) is 12.8. The molecule has 0 radical (unpaired) electrons. The number of hydrogen-bond acceptors (Lipinski definition) is 3. The number of sulfonamides is 1. The molecule has 3 aromatic carbocycles. The molecule has 1 aliphatic rings. The lowest BCUT2D eigenvalue weighted by Gasteiger charge is -2.19. The zero-order valence-electron chi connectivity index (χ0n) is 15.7. The van der Waals surface area contributed by atoms with Crippen LogP contribution in [0.5, 0.6) is 0 Å². The summed E-state index contributed by atoms with van der Waals surface area (Å²) in [6, 6.07) is 19.3. The van der Waals surface area contributed by atoms with Gasteiger partial charge in [-0.15, -0.1) is 0 Å². The minimum Gasteiger partial charge on any atom is -0.322 e. The van der Waals surface area contributed by atoms with Gasteiger partial charge in [-0.05, 0) is 73.5 Å². The Hall–Kier alpha value is -2.64. The van der Waals surface area contributed by atoms with Gasteiger partial charge in [0.05, 0.1) is 10.6 Å². The molecule has 1 N–H and O–H groups in total. The zero-order chi connectivity index (χ0) is 20.6. The minimum absolute atomic E-state index is 0.217. The molecule has 7 heteroatoms. The molecule has 0 bridgehead atoms. The molecule has 5 nitrogen and oxygen atoms in total. The molecule has 148 valence electrons. The number of carbonyl (C=O) groups is 1. The average Bonchev–Trinajstić information content (AvgIpc) is 3.14. The number of benzene rings is 3. The van der Waals surface area contributed by atoms with Crippen LogP contribution < -0.4 is 9.62 Å². The molecule has 0 atom stereocenters. The van der Waals surface area contributed by atoms with Crippen molar-refractivity contribution in [2.24, 2.45) is 0 Å². The van der Waals surface area contributed by atoms with E-state index in [9.17, 15) is 13.2 Å². The Morgan fingerprint density at radius 2 is 1.69 bits per heavy atom. The van der Waals surface area contributed by atoms with Crippen LogP contribution in [0.4, 0.5) is 11.4 Å². The van der Waals surface area contributed by atoms with Gasteiger partial charge in [0.2, 0.25) is 0 Å². The topological polar surface area (TPSA) is 66.5 Å². The highest BCUT2D eigenvalue weighted by atomic mass is 79.9. The fourth-order valence-corrected chi connectivity index (χ4v) is 5.10. The summed E-state index contributed by atoms with van der Waals surface area (Å²) in [5.41, 5.74) is 3.82. The summed E-state index contributed by atoms with van der Waals surface area (Å²) >= 11 is 3.32. The van der Waals surface area contributed by atoms with Gasteiger partial charge in [-0.3, -0.25) is 9.10 Å². The maximum Gasteiger partial charge on any atom is 0.264 e. The largest absolute Gasteiger partial charge is 0.322 e. The molecule has 0 saturated carbocycles. The van der Waals surface area contributed by atoms with Gasteiger partial charge in [0.25, 0.3) is 15.9 Å². The highest BCUT2D eigenvalue weighted by molar-refractivity contribution is 9.10. The van der Waals surface area contributed by atoms with E-state index in [4.69, 9.17) is 0 Å². The van der Waals surface area contributed by atoms with E-state index in [2.05, 4.69) is 21.2 Å². The number of anilines is 2. The maximum absolute atomic E-state index is 13.0. The van der Waals surface area contributed by atoms with E-state index in [0.29, 0.717) is 24.2 Å². The van der Waals surface area contributed by atoms with Gasteiger partial charge in [-0.1, -0.05) is 33.6 Å². The van der Waals surface area contributed by atoms with Crippen molar-refractivity contribution in [2.45, 2.75) is 18.2 Å². The maximum atomic E-state index is 13.0. The Morgan fingerprint density at radius 1 is 1.00 bits per heavy atom. The average molecular weight is 471 g/mol. The fraction of sp³-hybridized carbons (Fsp3) is 0.136. The first kappa shape index (κ1) is 19.7. The normalized spacial score (nSPS) is 13.2. The second-order valence-electron chi connectivity index (χ2n) is 6.94. The molecule has 0 spiro atoms. The summed E-state index contributed by atoms with van der Waals surface area (Å²) in [7, 11) is -3.64. The molecule has 1 aliphatic heterocycles. The molecular weight excluding hydrogens is 452 g/mol. The molecule has 1 amide bonds. The molecule has 29 heavy (non-hydrogen) atoms. The Bertz CT molecular complexity index is 1170. The number of nitrogens with zero attached hydrogens (tertiary/aromatic N) is 1. The lowest BCUT2D eigenvalue weighted by atomic mass is 10.1. The van der Waals surface area contributed by atoms with Crippen LogP contribution in [0.1, 0.15) is 21.5 Å². The summed E-state index contributed by atoms with van der Waals surface area (Å²) in [5.74, 6) is -0.217. The first-order chi connectivity index (χ1) is 13.8.